The SMILES string of the molecule is Cc1ccccc1N1[C@@H](C)c2c(oc3ccn(C)c23)C12CCCCC2. The average Bonchev–Trinajstić information content (AvgIpc) is 3.23. The Balaban J connectivity index is 1.79. The van der Waals surface area contributed by atoms with Gasteiger partial charge in [0.1, 0.15) is 5.76 Å². The lowest BCUT2D eigenvalue weighted by molar-refractivity contribution is 0.248. The van der Waals surface area contributed by atoms with Gasteiger partial charge in [-0.05, 0) is 44.4 Å². The molecule has 3 heterocycles. The second kappa shape index (κ2) is 5.17. The Labute approximate surface area is 149 Å². The van der Waals surface area contributed by atoms with Crippen molar-refractivity contribution in [3.63, 3.8) is 0 Å². The molecule has 25 heavy (non-hydrogen) atoms. The van der Waals surface area contributed by atoms with Gasteiger partial charge >= 0.3 is 0 Å². The van der Waals surface area contributed by atoms with Gasteiger partial charge in [0.25, 0.3) is 0 Å². The Morgan fingerprint density at radius 2 is 1.84 bits per heavy atom. The smallest absolute Gasteiger partial charge is 0.152 e. The molecule has 1 atom stereocenters. The van der Waals surface area contributed by atoms with Gasteiger partial charge in [0.05, 0.1) is 17.1 Å². The first-order valence-corrected chi connectivity index (χ1v) is 9.57. The molecule has 1 aromatic carbocycles. The fourth-order valence-electron chi connectivity index (χ4n) is 5.40. The van der Waals surface area contributed by atoms with Crippen LogP contribution < -0.4 is 4.90 Å². The molecule has 1 aliphatic carbocycles. The molecule has 2 aromatic heterocycles. The lowest BCUT2D eigenvalue weighted by Gasteiger charge is -2.45. The second-order valence-corrected chi connectivity index (χ2v) is 7.91. The van der Waals surface area contributed by atoms with E-state index in [4.69, 9.17) is 4.42 Å². The number of furan rings is 1. The van der Waals surface area contributed by atoms with Crippen LogP contribution in [0.4, 0.5) is 5.69 Å². The molecule has 0 amide bonds. The summed E-state index contributed by atoms with van der Waals surface area (Å²) < 4.78 is 8.75. The molecule has 0 bridgehead atoms. The lowest BCUT2D eigenvalue weighted by Crippen LogP contribution is -2.44. The van der Waals surface area contributed by atoms with E-state index in [-0.39, 0.29) is 5.54 Å². The molecule has 1 spiro atoms. The molecule has 3 heteroatoms. The molecule has 2 aliphatic rings. The fraction of sp³-hybridized carbons (Fsp3) is 0.455. The van der Waals surface area contributed by atoms with Gasteiger partial charge in [0, 0.05) is 24.5 Å². The first kappa shape index (κ1) is 15.1. The standard InChI is InChI=1S/C22H26N2O/c1-15-9-5-6-10-17(15)24-16(2)19-20-18(11-14-23(20)3)25-21(19)22(24)12-7-4-8-13-22/h5-6,9-11,14,16H,4,7-8,12-13H2,1-3H3/t16-/m0/s1. The normalized spacial score (nSPS) is 22.0. The van der Waals surface area contributed by atoms with E-state index in [9.17, 15) is 0 Å². The maximum absolute atomic E-state index is 6.52. The van der Waals surface area contributed by atoms with Gasteiger partial charge in [-0.1, -0.05) is 37.5 Å². The molecule has 3 aromatic rings. The van der Waals surface area contributed by atoms with Crippen molar-refractivity contribution in [3.8, 4) is 0 Å². The molecule has 1 aliphatic heterocycles. The van der Waals surface area contributed by atoms with Crippen LogP contribution >= 0.6 is 0 Å². The van der Waals surface area contributed by atoms with Crippen LogP contribution in [0.1, 0.15) is 62.0 Å². The topological polar surface area (TPSA) is 21.3 Å². The van der Waals surface area contributed by atoms with Crippen molar-refractivity contribution in [2.75, 3.05) is 4.90 Å². The molecule has 130 valence electrons. The first-order valence-electron chi connectivity index (χ1n) is 9.57. The number of aromatic nitrogens is 1. The highest BCUT2D eigenvalue weighted by Crippen LogP contribution is 2.58. The minimum Gasteiger partial charge on any atom is -0.456 e. The minimum absolute atomic E-state index is 0.0259. The van der Waals surface area contributed by atoms with Crippen molar-refractivity contribution in [1.29, 1.82) is 0 Å². The molecule has 0 radical (unpaired) electrons. The van der Waals surface area contributed by atoms with Crippen molar-refractivity contribution in [2.45, 2.75) is 57.5 Å². The van der Waals surface area contributed by atoms with E-state index in [0.717, 1.165) is 5.58 Å². The van der Waals surface area contributed by atoms with Crippen LogP contribution in [0, 0.1) is 6.92 Å². The molecule has 1 saturated carbocycles. The molecular weight excluding hydrogens is 308 g/mol. The Morgan fingerprint density at radius 3 is 2.60 bits per heavy atom. The third-order valence-electron chi connectivity index (χ3n) is 6.49. The number of benzene rings is 1. The summed E-state index contributed by atoms with van der Waals surface area (Å²) in [5.74, 6) is 1.24. The number of aryl methyl sites for hydroxylation is 2. The molecule has 1 fully saturated rings. The van der Waals surface area contributed by atoms with Crippen molar-refractivity contribution >= 4 is 16.8 Å². The molecule has 5 rings (SSSR count). The van der Waals surface area contributed by atoms with Crippen LogP contribution in [0.5, 0.6) is 0 Å². The van der Waals surface area contributed by atoms with Gasteiger partial charge in [-0.2, -0.15) is 0 Å². The summed E-state index contributed by atoms with van der Waals surface area (Å²) in [6.45, 7) is 4.59. The van der Waals surface area contributed by atoms with Crippen LogP contribution in [0.15, 0.2) is 40.9 Å². The van der Waals surface area contributed by atoms with Gasteiger partial charge in [-0.15, -0.1) is 0 Å². The zero-order chi connectivity index (χ0) is 17.2. The molecular formula is C22H26N2O. The van der Waals surface area contributed by atoms with E-state index in [0.29, 0.717) is 6.04 Å². The van der Waals surface area contributed by atoms with E-state index >= 15 is 0 Å². The van der Waals surface area contributed by atoms with Crippen LogP contribution in [0.3, 0.4) is 0 Å². The maximum Gasteiger partial charge on any atom is 0.152 e. The Hall–Kier alpha value is -2.16. The summed E-state index contributed by atoms with van der Waals surface area (Å²) >= 11 is 0. The number of anilines is 1. The monoisotopic (exact) mass is 334 g/mol. The lowest BCUT2D eigenvalue weighted by atomic mass is 9.79. The number of nitrogens with zero attached hydrogens (tertiary/aromatic N) is 2. The highest BCUT2D eigenvalue weighted by atomic mass is 16.3. The largest absolute Gasteiger partial charge is 0.456 e. The van der Waals surface area contributed by atoms with Crippen LogP contribution in [0.25, 0.3) is 11.1 Å². The summed E-state index contributed by atoms with van der Waals surface area (Å²) in [5, 5.41) is 0. The number of hydrogen-bond acceptors (Lipinski definition) is 2. The van der Waals surface area contributed by atoms with E-state index in [1.807, 2.05) is 0 Å². The molecule has 0 saturated heterocycles. The summed E-state index contributed by atoms with van der Waals surface area (Å²) in [6.07, 6.45) is 8.41. The average molecular weight is 334 g/mol. The maximum atomic E-state index is 6.52. The third kappa shape index (κ3) is 1.87. The summed E-state index contributed by atoms with van der Waals surface area (Å²) in [5.41, 5.74) is 6.49. The molecule has 3 nitrogen and oxygen atoms in total. The highest BCUT2D eigenvalue weighted by Gasteiger charge is 2.53. The van der Waals surface area contributed by atoms with E-state index in [1.54, 1.807) is 0 Å². The highest BCUT2D eigenvalue weighted by molar-refractivity contribution is 5.83. The Kier molecular flexibility index (Phi) is 3.13. The predicted molar refractivity (Wildman–Crippen MR) is 102 cm³/mol. The minimum atomic E-state index is 0.0259. The van der Waals surface area contributed by atoms with Gasteiger partial charge in [-0.3, -0.25) is 0 Å². The van der Waals surface area contributed by atoms with Gasteiger partial charge in [-0.25, -0.2) is 0 Å². The fourth-order valence-corrected chi connectivity index (χ4v) is 5.40. The zero-order valence-corrected chi connectivity index (χ0v) is 15.4. The number of fused-ring (bicyclic) bond motifs is 4. The van der Waals surface area contributed by atoms with Crippen molar-refractivity contribution in [1.82, 2.24) is 4.57 Å². The van der Waals surface area contributed by atoms with Crippen molar-refractivity contribution in [3.05, 3.63) is 53.4 Å². The van der Waals surface area contributed by atoms with Crippen LogP contribution in [-0.4, -0.2) is 4.57 Å². The quantitative estimate of drug-likeness (QED) is 0.559. The van der Waals surface area contributed by atoms with Gasteiger partial charge in [0.15, 0.2) is 5.58 Å². The van der Waals surface area contributed by atoms with Gasteiger partial charge in [0.2, 0.25) is 0 Å². The van der Waals surface area contributed by atoms with E-state index in [1.165, 1.54) is 60.2 Å². The zero-order valence-electron chi connectivity index (χ0n) is 15.4. The number of para-hydroxylation sites is 1. The Morgan fingerprint density at radius 1 is 1.08 bits per heavy atom. The van der Waals surface area contributed by atoms with Crippen LogP contribution in [0.2, 0.25) is 0 Å². The first-order chi connectivity index (χ1) is 12.1. The van der Waals surface area contributed by atoms with Gasteiger partial charge < -0.3 is 13.9 Å². The predicted octanol–water partition coefficient (Wildman–Crippen LogP) is 5.82. The van der Waals surface area contributed by atoms with Crippen LogP contribution in [-0.2, 0) is 12.6 Å². The molecule has 0 N–H and O–H groups in total. The summed E-state index contributed by atoms with van der Waals surface area (Å²) in [4.78, 5) is 2.68. The summed E-state index contributed by atoms with van der Waals surface area (Å²) in [6, 6.07) is 11.3. The van der Waals surface area contributed by atoms with E-state index < -0.39 is 0 Å². The summed E-state index contributed by atoms with van der Waals surface area (Å²) in [7, 11) is 2.13. The number of rotatable bonds is 1. The Bertz CT molecular complexity index is 942. The molecule has 0 unspecified atom stereocenters. The van der Waals surface area contributed by atoms with Crippen molar-refractivity contribution < 1.29 is 4.42 Å². The second-order valence-electron chi connectivity index (χ2n) is 7.91. The third-order valence-corrected chi connectivity index (χ3v) is 6.49. The van der Waals surface area contributed by atoms with E-state index in [2.05, 4.69) is 66.9 Å². The van der Waals surface area contributed by atoms with Crippen molar-refractivity contribution in [2.24, 2.45) is 7.05 Å². The number of hydrogen-bond donors (Lipinski definition) is 0.